The van der Waals surface area contributed by atoms with Gasteiger partial charge >= 0.3 is 0 Å². The maximum atomic E-state index is 14.4. The highest BCUT2D eigenvalue weighted by Crippen LogP contribution is 2.35. The van der Waals surface area contributed by atoms with Crippen molar-refractivity contribution in [1.29, 1.82) is 0 Å². The number of hydrogen-bond donors (Lipinski definition) is 2. The van der Waals surface area contributed by atoms with E-state index in [0.717, 1.165) is 18.2 Å². The molecular weight excluding hydrogens is 407 g/mol. The van der Waals surface area contributed by atoms with Crippen molar-refractivity contribution in [2.75, 3.05) is 5.32 Å². The topological polar surface area (TPSA) is 76.2 Å². The van der Waals surface area contributed by atoms with Gasteiger partial charge in [-0.25, -0.2) is 9.37 Å². The molecule has 1 saturated heterocycles. The van der Waals surface area contributed by atoms with Crippen LogP contribution in [0.3, 0.4) is 0 Å². The first kappa shape index (κ1) is 20.6. The Morgan fingerprint density at radius 1 is 1.19 bits per heavy atom. The van der Waals surface area contributed by atoms with Crippen LogP contribution in [0, 0.1) is 12.7 Å². The summed E-state index contributed by atoms with van der Waals surface area (Å²) in [5, 5.41) is 12.0. The molecule has 32 heavy (non-hydrogen) atoms. The van der Waals surface area contributed by atoms with E-state index in [-0.39, 0.29) is 11.6 Å². The standard InChI is InChI=1S/C24H27FN6O/c1-13-7-16(8-14(2)26-13)18-5-6-19(22-20(18)12-30(4)29-22)24(32)28-17-9-21(25)23-27-15(3)10-31(23)11-17/h5-6,9-14,16,26H,7-8H2,1-4H3,(H,28,32)/t13-,14+,16?. The maximum Gasteiger partial charge on any atom is 0.257 e. The van der Waals surface area contributed by atoms with Crippen LogP contribution in [0.5, 0.6) is 0 Å². The highest BCUT2D eigenvalue weighted by atomic mass is 19.1. The van der Waals surface area contributed by atoms with Crippen molar-refractivity contribution in [3.63, 3.8) is 0 Å². The van der Waals surface area contributed by atoms with Gasteiger partial charge < -0.3 is 15.0 Å². The summed E-state index contributed by atoms with van der Waals surface area (Å²) in [5.74, 6) is -0.391. The molecule has 1 unspecified atom stereocenters. The van der Waals surface area contributed by atoms with Gasteiger partial charge in [-0.1, -0.05) is 6.07 Å². The summed E-state index contributed by atoms with van der Waals surface area (Å²) in [5.41, 5.74) is 3.68. The van der Waals surface area contributed by atoms with Crippen molar-refractivity contribution in [2.45, 2.75) is 51.6 Å². The number of fused-ring (bicyclic) bond motifs is 2. The Bertz CT molecular complexity index is 1330. The van der Waals surface area contributed by atoms with Crippen LogP contribution < -0.4 is 10.6 Å². The molecule has 1 aromatic carbocycles. The molecule has 4 heterocycles. The molecule has 0 radical (unpaired) electrons. The smallest absolute Gasteiger partial charge is 0.257 e. The predicted octanol–water partition coefficient (Wildman–Crippen LogP) is 4.16. The number of rotatable bonds is 3. The van der Waals surface area contributed by atoms with E-state index in [1.54, 1.807) is 28.4 Å². The number of halogens is 1. The number of piperidine rings is 1. The Hall–Kier alpha value is -3.26. The highest BCUT2D eigenvalue weighted by Gasteiger charge is 2.27. The molecule has 8 heteroatoms. The van der Waals surface area contributed by atoms with Crippen molar-refractivity contribution in [1.82, 2.24) is 24.5 Å². The number of nitrogens with one attached hydrogen (secondary N) is 2. The summed E-state index contributed by atoms with van der Waals surface area (Å²) >= 11 is 0. The van der Waals surface area contributed by atoms with Crippen LogP contribution in [-0.4, -0.2) is 37.2 Å². The van der Waals surface area contributed by atoms with Gasteiger partial charge in [0.1, 0.15) is 5.52 Å². The lowest BCUT2D eigenvalue weighted by Gasteiger charge is -2.33. The molecule has 0 spiro atoms. The molecule has 3 aromatic heterocycles. The largest absolute Gasteiger partial charge is 0.320 e. The van der Waals surface area contributed by atoms with Crippen LogP contribution in [0.1, 0.15) is 54.2 Å². The third-order valence-electron chi connectivity index (χ3n) is 6.24. The van der Waals surface area contributed by atoms with Crippen molar-refractivity contribution >= 4 is 28.1 Å². The SMILES string of the molecule is Cc1cn2cc(NC(=O)c3ccc(C4C[C@@H](C)N[C@@H](C)C4)c4cn(C)nc34)cc(F)c2n1. The van der Waals surface area contributed by atoms with E-state index in [4.69, 9.17) is 0 Å². The zero-order chi connectivity index (χ0) is 22.6. The van der Waals surface area contributed by atoms with Crippen molar-refractivity contribution in [2.24, 2.45) is 7.05 Å². The molecule has 5 rings (SSSR count). The molecule has 2 N–H and O–H groups in total. The number of imidazole rings is 1. The molecule has 3 atom stereocenters. The number of carbonyl (C=O) groups excluding carboxylic acids is 1. The molecule has 1 aliphatic rings. The molecule has 0 bridgehead atoms. The Balaban J connectivity index is 1.50. The van der Waals surface area contributed by atoms with E-state index in [0.29, 0.717) is 40.5 Å². The van der Waals surface area contributed by atoms with Crippen LogP contribution in [-0.2, 0) is 7.05 Å². The van der Waals surface area contributed by atoms with Crippen molar-refractivity contribution < 1.29 is 9.18 Å². The van der Waals surface area contributed by atoms with Gasteiger partial charge in [0, 0.05) is 49.2 Å². The van der Waals surface area contributed by atoms with E-state index in [1.165, 1.54) is 11.6 Å². The lowest BCUT2D eigenvalue weighted by atomic mass is 9.82. The second kappa shape index (κ2) is 7.70. The van der Waals surface area contributed by atoms with Gasteiger partial charge in [0.25, 0.3) is 5.91 Å². The van der Waals surface area contributed by atoms with Crippen LogP contribution in [0.25, 0.3) is 16.6 Å². The van der Waals surface area contributed by atoms with Gasteiger partial charge in [-0.2, -0.15) is 5.10 Å². The second-order valence-electron chi connectivity index (χ2n) is 9.05. The Morgan fingerprint density at radius 3 is 2.69 bits per heavy atom. The Labute approximate surface area is 185 Å². The monoisotopic (exact) mass is 434 g/mol. The van der Waals surface area contributed by atoms with Gasteiger partial charge in [0.15, 0.2) is 11.5 Å². The first-order valence-electron chi connectivity index (χ1n) is 11.0. The first-order chi connectivity index (χ1) is 15.3. The minimum absolute atomic E-state index is 0.238. The molecule has 0 aliphatic carbocycles. The first-order valence-corrected chi connectivity index (χ1v) is 11.0. The molecule has 1 fully saturated rings. The second-order valence-corrected chi connectivity index (χ2v) is 9.05. The molecule has 1 aliphatic heterocycles. The zero-order valence-electron chi connectivity index (χ0n) is 18.7. The van der Waals surface area contributed by atoms with Gasteiger partial charge in [0.2, 0.25) is 0 Å². The van der Waals surface area contributed by atoms with Crippen LogP contribution in [0.15, 0.2) is 36.8 Å². The van der Waals surface area contributed by atoms with E-state index >= 15 is 0 Å². The van der Waals surface area contributed by atoms with E-state index in [2.05, 4.69) is 40.6 Å². The van der Waals surface area contributed by atoms with E-state index in [9.17, 15) is 9.18 Å². The summed E-state index contributed by atoms with van der Waals surface area (Å²) in [6.07, 6.45) is 7.46. The molecule has 4 aromatic rings. The lowest BCUT2D eigenvalue weighted by molar-refractivity contribution is 0.102. The maximum absolute atomic E-state index is 14.4. The van der Waals surface area contributed by atoms with Crippen molar-refractivity contribution in [3.8, 4) is 0 Å². The summed E-state index contributed by atoms with van der Waals surface area (Å²) in [7, 11) is 1.86. The fraction of sp³-hybridized carbons (Fsp3) is 0.375. The van der Waals surface area contributed by atoms with Gasteiger partial charge in [-0.3, -0.25) is 9.48 Å². The van der Waals surface area contributed by atoms with E-state index in [1.807, 2.05) is 19.3 Å². The summed E-state index contributed by atoms with van der Waals surface area (Å²) < 4.78 is 17.8. The number of hydrogen-bond acceptors (Lipinski definition) is 4. The number of aromatic nitrogens is 4. The number of pyridine rings is 1. The van der Waals surface area contributed by atoms with Crippen LogP contribution in [0.2, 0.25) is 0 Å². The third-order valence-corrected chi connectivity index (χ3v) is 6.24. The minimum atomic E-state index is -0.483. The fourth-order valence-electron chi connectivity index (χ4n) is 5.05. The normalized spacial score (nSPS) is 21.3. The van der Waals surface area contributed by atoms with Gasteiger partial charge in [-0.15, -0.1) is 0 Å². The average Bonchev–Trinajstić information content (AvgIpc) is 3.28. The number of nitrogens with zero attached hydrogens (tertiary/aromatic N) is 4. The number of carbonyl (C=O) groups is 1. The summed E-state index contributed by atoms with van der Waals surface area (Å²) in [6.45, 7) is 6.22. The van der Waals surface area contributed by atoms with E-state index < -0.39 is 5.82 Å². The number of anilines is 1. The molecule has 166 valence electrons. The van der Waals surface area contributed by atoms with Gasteiger partial charge in [-0.05, 0) is 51.2 Å². The predicted molar refractivity (Wildman–Crippen MR) is 123 cm³/mol. The van der Waals surface area contributed by atoms with Crippen LogP contribution in [0.4, 0.5) is 10.1 Å². The average molecular weight is 435 g/mol. The van der Waals surface area contributed by atoms with Gasteiger partial charge in [0.05, 0.1) is 16.9 Å². The summed E-state index contributed by atoms with van der Waals surface area (Å²) in [6, 6.07) is 6.07. The highest BCUT2D eigenvalue weighted by molar-refractivity contribution is 6.12. The Morgan fingerprint density at radius 2 is 1.94 bits per heavy atom. The molecule has 7 nitrogen and oxygen atoms in total. The summed E-state index contributed by atoms with van der Waals surface area (Å²) in [4.78, 5) is 17.3. The minimum Gasteiger partial charge on any atom is -0.320 e. The Kier molecular flexibility index (Phi) is 4.97. The molecule has 0 saturated carbocycles. The fourth-order valence-corrected chi connectivity index (χ4v) is 5.05. The van der Waals surface area contributed by atoms with Crippen LogP contribution >= 0.6 is 0 Å². The lowest BCUT2D eigenvalue weighted by Crippen LogP contribution is -2.41. The van der Waals surface area contributed by atoms with Crippen molar-refractivity contribution in [3.05, 3.63) is 59.4 Å². The zero-order valence-corrected chi connectivity index (χ0v) is 18.7. The number of amides is 1. The number of benzene rings is 1. The quantitative estimate of drug-likeness (QED) is 0.508. The molecular formula is C24H27FN6O. The molecule has 1 amide bonds. The third kappa shape index (κ3) is 3.64. The number of aryl methyl sites for hydroxylation is 2.